The van der Waals surface area contributed by atoms with Crippen molar-refractivity contribution >= 4 is 11.9 Å². The summed E-state index contributed by atoms with van der Waals surface area (Å²) in [7, 11) is 1.40. The summed E-state index contributed by atoms with van der Waals surface area (Å²) >= 11 is 0. The number of pyridine rings is 1. The number of nitrogens with zero attached hydrogens (tertiary/aromatic N) is 1. The van der Waals surface area contributed by atoms with Gasteiger partial charge in [-0.05, 0) is 67.9 Å². The number of aryl methyl sites for hydroxylation is 1. The summed E-state index contributed by atoms with van der Waals surface area (Å²) in [5, 5.41) is 3.00. The van der Waals surface area contributed by atoms with Crippen molar-refractivity contribution in [3.05, 3.63) is 63.6 Å². The molecule has 0 atom stereocenters. The quantitative estimate of drug-likeness (QED) is 0.762. The van der Waals surface area contributed by atoms with Crippen LogP contribution in [0.3, 0.4) is 0 Å². The van der Waals surface area contributed by atoms with Gasteiger partial charge in [0.15, 0.2) is 0 Å². The molecule has 1 aromatic carbocycles. The number of benzene rings is 1. The molecule has 1 N–H and O–H groups in total. The van der Waals surface area contributed by atoms with E-state index < -0.39 is 0 Å². The van der Waals surface area contributed by atoms with Crippen molar-refractivity contribution in [2.45, 2.75) is 58.4 Å². The Labute approximate surface area is 177 Å². The van der Waals surface area contributed by atoms with E-state index in [0.29, 0.717) is 37.2 Å². The summed E-state index contributed by atoms with van der Waals surface area (Å²) in [6.45, 7) is 5.98. The van der Waals surface area contributed by atoms with Gasteiger partial charge in [0.1, 0.15) is 5.56 Å². The molecule has 0 radical (unpaired) electrons. The lowest BCUT2D eigenvalue weighted by Gasteiger charge is -2.27. The van der Waals surface area contributed by atoms with Crippen LogP contribution in [0.1, 0.15) is 66.9 Å². The number of amides is 1. The number of esters is 1. The minimum atomic E-state index is -0.353. The normalized spacial score (nSPS) is 18.8. The first kappa shape index (κ1) is 21.8. The molecule has 3 rings (SSSR count). The average Bonchev–Trinajstić information content (AvgIpc) is 2.74. The largest absolute Gasteiger partial charge is 0.469 e. The number of hydrogen-bond acceptors (Lipinski definition) is 4. The molecule has 1 fully saturated rings. The smallest absolute Gasteiger partial charge is 0.308 e. The highest BCUT2D eigenvalue weighted by Crippen LogP contribution is 2.25. The Morgan fingerprint density at radius 2 is 1.83 bits per heavy atom. The zero-order valence-corrected chi connectivity index (χ0v) is 18.1. The third-order valence-corrected chi connectivity index (χ3v) is 5.94. The van der Waals surface area contributed by atoms with Crippen molar-refractivity contribution in [3.8, 4) is 5.69 Å². The minimum Gasteiger partial charge on any atom is -0.469 e. The second-order valence-corrected chi connectivity index (χ2v) is 8.34. The van der Waals surface area contributed by atoms with E-state index in [0.717, 1.165) is 11.3 Å². The van der Waals surface area contributed by atoms with Crippen LogP contribution in [-0.2, 0) is 9.53 Å². The third kappa shape index (κ3) is 4.64. The molecule has 0 saturated heterocycles. The van der Waals surface area contributed by atoms with Crippen LogP contribution in [0.15, 0.2) is 41.3 Å². The van der Waals surface area contributed by atoms with Crippen LogP contribution in [0.2, 0.25) is 0 Å². The fourth-order valence-electron chi connectivity index (χ4n) is 4.04. The fourth-order valence-corrected chi connectivity index (χ4v) is 4.04. The number of methoxy groups -OCH3 is 1. The van der Waals surface area contributed by atoms with Crippen molar-refractivity contribution < 1.29 is 14.3 Å². The van der Waals surface area contributed by atoms with E-state index in [1.54, 1.807) is 19.2 Å². The highest BCUT2D eigenvalue weighted by atomic mass is 16.5. The van der Waals surface area contributed by atoms with Crippen molar-refractivity contribution in [2.75, 3.05) is 7.11 Å². The van der Waals surface area contributed by atoms with Gasteiger partial charge in [0.05, 0.1) is 13.0 Å². The molecule has 30 heavy (non-hydrogen) atoms. The maximum atomic E-state index is 13.2. The van der Waals surface area contributed by atoms with E-state index in [2.05, 4.69) is 19.2 Å². The number of rotatable bonds is 5. The summed E-state index contributed by atoms with van der Waals surface area (Å²) in [5.41, 5.74) is 2.38. The lowest BCUT2D eigenvalue weighted by molar-refractivity contribution is -0.146. The monoisotopic (exact) mass is 410 g/mol. The van der Waals surface area contributed by atoms with Crippen LogP contribution >= 0.6 is 0 Å². The zero-order chi connectivity index (χ0) is 21.8. The minimum absolute atomic E-state index is 0.0462. The van der Waals surface area contributed by atoms with Crippen LogP contribution in [0.5, 0.6) is 0 Å². The van der Waals surface area contributed by atoms with E-state index in [9.17, 15) is 14.4 Å². The molecule has 160 valence electrons. The first-order valence-corrected chi connectivity index (χ1v) is 10.5. The molecule has 6 nitrogen and oxygen atoms in total. The van der Waals surface area contributed by atoms with Gasteiger partial charge in [0.2, 0.25) is 0 Å². The Morgan fingerprint density at radius 3 is 2.47 bits per heavy atom. The summed E-state index contributed by atoms with van der Waals surface area (Å²) in [6.07, 6.45) is 4.47. The van der Waals surface area contributed by atoms with Gasteiger partial charge in [0.25, 0.3) is 11.5 Å². The van der Waals surface area contributed by atoms with Gasteiger partial charge in [0, 0.05) is 17.9 Å². The molecular weight excluding hydrogens is 380 g/mol. The molecular formula is C24H30N2O4. The Balaban J connectivity index is 1.80. The van der Waals surface area contributed by atoms with Gasteiger partial charge in [-0.15, -0.1) is 0 Å². The van der Waals surface area contributed by atoms with Gasteiger partial charge in [-0.25, -0.2) is 0 Å². The molecule has 0 aliphatic heterocycles. The van der Waals surface area contributed by atoms with Crippen molar-refractivity contribution in [1.29, 1.82) is 0 Å². The molecule has 6 heteroatoms. The molecule has 1 amide bonds. The summed E-state index contributed by atoms with van der Waals surface area (Å²) in [5.74, 6) is -0.306. The SMILES string of the molecule is COC(=O)C1CCC(NC(=O)c2c(C)ccn(-c3cccc(C(C)C)c3)c2=O)CC1. The fraction of sp³-hybridized carbons (Fsp3) is 0.458. The molecule has 1 aliphatic rings. The lowest BCUT2D eigenvalue weighted by Crippen LogP contribution is -2.41. The number of ether oxygens (including phenoxy) is 1. The third-order valence-electron chi connectivity index (χ3n) is 5.94. The van der Waals surface area contributed by atoms with Crippen LogP contribution < -0.4 is 10.9 Å². The van der Waals surface area contributed by atoms with E-state index in [1.165, 1.54) is 11.7 Å². The van der Waals surface area contributed by atoms with Crippen molar-refractivity contribution in [1.82, 2.24) is 9.88 Å². The number of carbonyl (C=O) groups is 2. The highest BCUT2D eigenvalue weighted by molar-refractivity contribution is 5.95. The predicted octanol–water partition coefficient (Wildman–Crippen LogP) is 3.73. The summed E-state index contributed by atoms with van der Waals surface area (Å²) < 4.78 is 6.34. The van der Waals surface area contributed by atoms with E-state index in [4.69, 9.17) is 4.74 Å². The number of carbonyl (C=O) groups excluding carboxylic acids is 2. The van der Waals surface area contributed by atoms with Crippen molar-refractivity contribution in [2.24, 2.45) is 5.92 Å². The number of aromatic nitrogens is 1. The van der Waals surface area contributed by atoms with Gasteiger partial charge >= 0.3 is 5.97 Å². The Kier molecular flexibility index (Phi) is 6.75. The van der Waals surface area contributed by atoms with E-state index in [-0.39, 0.29) is 35.0 Å². The Hall–Kier alpha value is -2.89. The number of nitrogens with one attached hydrogen (secondary N) is 1. The van der Waals surface area contributed by atoms with Crippen LogP contribution in [-0.4, -0.2) is 29.6 Å². The standard InChI is InChI=1S/C24H30N2O4/c1-15(2)18-6-5-7-20(14-18)26-13-12-16(3)21(23(26)28)22(27)25-19-10-8-17(9-11-19)24(29)30-4/h5-7,12-15,17,19H,8-11H2,1-4H3,(H,25,27). The van der Waals surface area contributed by atoms with Gasteiger partial charge in [-0.3, -0.25) is 19.0 Å². The number of hydrogen-bond donors (Lipinski definition) is 1. The maximum Gasteiger partial charge on any atom is 0.308 e. The van der Waals surface area contributed by atoms with Gasteiger partial charge in [-0.2, -0.15) is 0 Å². The van der Waals surface area contributed by atoms with Gasteiger partial charge < -0.3 is 10.1 Å². The second-order valence-electron chi connectivity index (χ2n) is 8.34. The van der Waals surface area contributed by atoms with E-state index >= 15 is 0 Å². The summed E-state index contributed by atoms with van der Waals surface area (Å²) in [4.78, 5) is 37.8. The molecule has 1 aromatic heterocycles. The molecule has 1 saturated carbocycles. The lowest BCUT2D eigenvalue weighted by atomic mass is 9.86. The molecule has 1 aliphatic carbocycles. The topological polar surface area (TPSA) is 77.4 Å². The first-order valence-electron chi connectivity index (χ1n) is 10.5. The van der Waals surface area contributed by atoms with Gasteiger partial charge in [-0.1, -0.05) is 26.0 Å². The molecule has 2 aromatic rings. The zero-order valence-electron chi connectivity index (χ0n) is 18.1. The molecule has 0 unspecified atom stereocenters. The molecule has 0 spiro atoms. The highest BCUT2D eigenvalue weighted by Gasteiger charge is 2.28. The Bertz CT molecular complexity index is 985. The molecule has 1 heterocycles. The van der Waals surface area contributed by atoms with E-state index in [1.807, 2.05) is 24.3 Å². The average molecular weight is 411 g/mol. The predicted molar refractivity (Wildman–Crippen MR) is 116 cm³/mol. The first-order chi connectivity index (χ1) is 14.3. The van der Waals surface area contributed by atoms with Crippen LogP contribution in [0.4, 0.5) is 0 Å². The van der Waals surface area contributed by atoms with Crippen LogP contribution in [0.25, 0.3) is 5.69 Å². The van der Waals surface area contributed by atoms with Crippen molar-refractivity contribution in [3.63, 3.8) is 0 Å². The maximum absolute atomic E-state index is 13.2. The van der Waals surface area contributed by atoms with Crippen LogP contribution in [0, 0.1) is 12.8 Å². The Morgan fingerprint density at radius 1 is 1.13 bits per heavy atom. The second kappa shape index (κ2) is 9.28. The molecule has 0 bridgehead atoms. The summed E-state index contributed by atoms with van der Waals surface area (Å²) in [6, 6.07) is 9.57.